The van der Waals surface area contributed by atoms with Crippen LogP contribution in [0, 0.1) is 0 Å². The third-order valence-corrected chi connectivity index (χ3v) is 3.80. The highest BCUT2D eigenvalue weighted by Gasteiger charge is 2.07. The van der Waals surface area contributed by atoms with Crippen LogP contribution in [-0.2, 0) is 6.54 Å². The highest BCUT2D eigenvalue weighted by Crippen LogP contribution is 2.20. The molecule has 0 saturated heterocycles. The van der Waals surface area contributed by atoms with Gasteiger partial charge in [-0.3, -0.25) is 0 Å². The Hall–Kier alpha value is -2.27. The van der Waals surface area contributed by atoms with Gasteiger partial charge in [0.15, 0.2) is 0 Å². The zero-order valence-corrected chi connectivity index (χ0v) is 14.1. The van der Waals surface area contributed by atoms with Crippen LogP contribution < -0.4 is 15.5 Å². The number of urea groups is 1. The van der Waals surface area contributed by atoms with Gasteiger partial charge in [0.05, 0.1) is 10.7 Å². The van der Waals surface area contributed by atoms with Crippen molar-refractivity contribution in [2.75, 3.05) is 23.3 Å². The molecule has 0 aliphatic rings. The zero-order valence-electron chi connectivity index (χ0n) is 13.3. The van der Waals surface area contributed by atoms with Crippen LogP contribution in [0.3, 0.4) is 0 Å². The van der Waals surface area contributed by atoms with Crippen LogP contribution >= 0.6 is 11.6 Å². The quantitative estimate of drug-likeness (QED) is 0.843. The molecular weight excluding hydrogens is 312 g/mol. The van der Waals surface area contributed by atoms with E-state index >= 15 is 0 Å². The molecule has 23 heavy (non-hydrogen) atoms. The summed E-state index contributed by atoms with van der Waals surface area (Å²) in [5.41, 5.74) is 1.58. The van der Waals surface area contributed by atoms with Crippen LogP contribution in [0.5, 0.6) is 0 Å². The highest BCUT2D eigenvalue weighted by atomic mass is 35.5. The van der Waals surface area contributed by atoms with E-state index in [1.54, 1.807) is 18.3 Å². The fraction of sp³-hybridized carbons (Fsp3) is 0.294. The number of halogens is 1. The molecule has 2 amide bonds. The Labute approximate surface area is 141 Å². The second-order valence-electron chi connectivity index (χ2n) is 4.98. The van der Waals surface area contributed by atoms with Crippen LogP contribution in [0.1, 0.15) is 19.4 Å². The molecule has 0 fully saturated rings. The fourth-order valence-electron chi connectivity index (χ4n) is 2.20. The molecule has 0 spiro atoms. The van der Waals surface area contributed by atoms with Gasteiger partial charge in [-0.25, -0.2) is 9.78 Å². The maximum Gasteiger partial charge on any atom is 0.319 e. The van der Waals surface area contributed by atoms with Crippen molar-refractivity contribution in [2.45, 2.75) is 20.4 Å². The lowest BCUT2D eigenvalue weighted by molar-refractivity contribution is 0.251. The van der Waals surface area contributed by atoms with Crippen molar-refractivity contribution in [3.8, 4) is 0 Å². The molecule has 122 valence electrons. The van der Waals surface area contributed by atoms with Crippen molar-refractivity contribution in [1.29, 1.82) is 0 Å². The molecule has 2 rings (SSSR count). The summed E-state index contributed by atoms with van der Waals surface area (Å²) in [6.45, 7) is 6.40. The van der Waals surface area contributed by atoms with Crippen LogP contribution in [0.4, 0.5) is 16.3 Å². The maximum atomic E-state index is 12.0. The number of pyridine rings is 1. The number of nitrogens with one attached hydrogen (secondary N) is 2. The monoisotopic (exact) mass is 332 g/mol. The maximum absolute atomic E-state index is 12.0. The molecule has 2 aromatic rings. The Morgan fingerprint density at radius 2 is 1.96 bits per heavy atom. The molecule has 1 aromatic heterocycles. The number of carbonyl (C=O) groups is 1. The zero-order chi connectivity index (χ0) is 16.7. The largest absolute Gasteiger partial charge is 0.357 e. The molecule has 1 heterocycles. The van der Waals surface area contributed by atoms with E-state index in [0.29, 0.717) is 17.3 Å². The number of hydrogen-bond acceptors (Lipinski definition) is 3. The lowest BCUT2D eigenvalue weighted by Gasteiger charge is -2.20. The molecule has 2 N–H and O–H groups in total. The van der Waals surface area contributed by atoms with Gasteiger partial charge in [0.1, 0.15) is 5.82 Å². The number of rotatable bonds is 6. The first kappa shape index (κ1) is 17.1. The van der Waals surface area contributed by atoms with Gasteiger partial charge in [0.25, 0.3) is 0 Å². The van der Waals surface area contributed by atoms with Crippen molar-refractivity contribution in [1.82, 2.24) is 10.3 Å². The molecule has 0 atom stereocenters. The van der Waals surface area contributed by atoms with Gasteiger partial charge in [-0.15, -0.1) is 0 Å². The lowest BCUT2D eigenvalue weighted by atomic mass is 10.2. The van der Waals surface area contributed by atoms with Crippen LogP contribution in [0.2, 0.25) is 5.02 Å². The Bertz CT molecular complexity index is 659. The molecule has 6 heteroatoms. The predicted molar refractivity (Wildman–Crippen MR) is 95.1 cm³/mol. The smallest absolute Gasteiger partial charge is 0.319 e. The van der Waals surface area contributed by atoms with Gasteiger partial charge in [0.2, 0.25) is 0 Å². The van der Waals surface area contributed by atoms with E-state index in [0.717, 1.165) is 24.5 Å². The van der Waals surface area contributed by atoms with Crippen molar-refractivity contribution < 1.29 is 4.79 Å². The molecule has 0 aliphatic heterocycles. The Morgan fingerprint density at radius 1 is 1.22 bits per heavy atom. The number of amides is 2. The average Bonchev–Trinajstić information content (AvgIpc) is 2.57. The van der Waals surface area contributed by atoms with Gasteiger partial charge < -0.3 is 15.5 Å². The third kappa shape index (κ3) is 4.86. The minimum absolute atomic E-state index is 0.292. The molecule has 5 nitrogen and oxygen atoms in total. The molecule has 0 aliphatic carbocycles. The van der Waals surface area contributed by atoms with Gasteiger partial charge in [-0.05, 0) is 43.7 Å². The van der Waals surface area contributed by atoms with E-state index in [1.165, 1.54) is 0 Å². The van der Waals surface area contributed by atoms with Gasteiger partial charge in [0, 0.05) is 25.8 Å². The lowest BCUT2D eigenvalue weighted by Crippen LogP contribution is -2.28. The second kappa shape index (κ2) is 8.39. The minimum Gasteiger partial charge on any atom is -0.357 e. The number of para-hydroxylation sites is 1. The minimum atomic E-state index is -0.292. The molecule has 0 unspecified atom stereocenters. The van der Waals surface area contributed by atoms with Crippen molar-refractivity contribution in [2.24, 2.45) is 0 Å². The third-order valence-electron chi connectivity index (χ3n) is 3.47. The first-order chi connectivity index (χ1) is 11.1. The van der Waals surface area contributed by atoms with E-state index in [1.807, 2.05) is 24.3 Å². The average molecular weight is 333 g/mol. The van der Waals surface area contributed by atoms with Crippen LogP contribution in [-0.4, -0.2) is 24.1 Å². The summed E-state index contributed by atoms with van der Waals surface area (Å²) in [5.74, 6) is 0.917. The number of hydrogen-bond donors (Lipinski definition) is 2. The first-order valence-electron chi connectivity index (χ1n) is 7.63. The summed E-state index contributed by atoms with van der Waals surface area (Å²) in [4.78, 5) is 18.5. The highest BCUT2D eigenvalue weighted by molar-refractivity contribution is 6.33. The Balaban J connectivity index is 1.94. The van der Waals surface area contributed by atoms with E-state index < -0.39 is 0 Å². The standard InChI is InChI=1S/C17H21ClN4O/c1-3-22(4-2)16-11-13(9-10-19-16)12-20-17(23)21-15-8-6-5-7-14(15)18/h5-11H,3-4,12H2,1-2H3,(H2,20,21,23). The number of benzene rings is 1. The Kier molecular flexibility index (Phi) is 6.23. The normalized spacial score (nSPS) is 10.2. The fourth-order valence-corrected chi connectivity index (χ4v) is 2.39. The van der Waals surface area contributed by atoms with Crippen molar-refractivity contribution in [3.63, 3.8) is 0 Å². The SMILES string of the molecule is CCN(CC)c1cc(CNC(=O)Nc2ccccc2Cl)ccn1. The van der Waals surface area contributed by atoms with E-state index in [2.05, 4.69) is 34.4 Å². The predicted octanol–water partition coefficient (Wildman–Crippen LogP) is 3.90. The number of nitrogens with zero attached hydrogens (tertiary/aromatic N) is 2. The molecule has 0 saturated carbocycles. The summed E-state index contributed by atoms with van der Waals surface area (Å²) in [5, 5.41) is 6.06. The van der Waals surface area contributed by atoms with Gasteiger partial charge >= 0.3 is 6.03 Å². The number of carbonyl (C=O) groups excluding carboxylic acids is 1. The summed E-state index contributed by atoms with van der Waals surface area (Å²) in [6, 6.07) is 10.7. The van der Waals surface area contributed by atoms with E-state index in [-0.39, 0.29) is 6.03 Å². The topological polar surface area (TPSA) is 57.3 Å². The summed E-state index contributed by atoms with van der Waals surface area (Å²) < 4.78 is 0. The van der Waals surface area contributed by atoms with Crippen LogP contribution in [0.15, 0.2) is 42.6 Å². The van der Waals surface area contributed by atoms with E-state index in [4.69, 9.17) is 11.6 Å². The van der Waals surface area contributed by atoms with E-state index in [9.17, 15) is 4.79 Å². The van der Waals surface area contributed by atoms with Crippen molar-refractivity contribution in [3.05, 3.63) is 53.2 Å². The van der Waals surface area contributed by atoms with Gasteiger partial charge in [-0.1, -0.05) is 23.7 Å². The molecule has 1 aromatic carbocycles. The summed E-state index contributed by atoms with van der Waals surface area (Å²) in [6.07, 6.45) is 1.76. The van der Waals surface area contributed by atoms with Crippen molar-refractivity contribution >= 4 is 29.1 Å². The molecular formula is C17H21ClN4O. The molecule has 0 bridgehead atoms. The number of aromatic nitrogens is 1. The van der Waals surface area contributed by atoms with Gasteiger partial charge in [-0.2, -0.15) is 0 Å². The first-order valence-corrected chi connectivity index (χ1v) is 8.01. The molecule has 0 radical (unpaired) electrons. The second-order valence-corrected chi connectivity index (χ2v) is 5.39. The summed E-state index contributed by atoms with van der Waals surface area (Å²) >= 11 is 6.02. The number of anilines is 2. The Morgan fingerprint density at radius 3 is 2.65 bits per heavy atom. The summed E-state index contributed by atoms with van der Waals surface area (Å²) in [7, 11) is 0. The van der Waals surface area contributed by atoms with Crippen LogP contribution in [0.25, 0.3) is 0 Å².